The Morgan fingerprint density at radius 2 is 2.04 bits per heavy atom. The fraction of sp³-hybridized carbons (Fsp3) is 0.450. The van der Waals surface area contributed by atoms with Crippen molar-refractivity contribution < 1.29 is 0 Å². The number of nitrogens with zero attached hydrogens (tertiary/aromatic N) is 2. The summed E-state index contributed by atoms with van der Waals surface area (Å²) in [6, 6.07) is 6.68. The molecular weight excluding hydrogens is 346 g/mol. The van der Waals surface area contributed by atoms with Crippen LogP contribution < -0.4 is 5.73 Å². The van der Waals surface area contributed by atoms with Gasteiger partial charge < -0.3 is 5.73 Å². The molecule has 5 heteroatoms. The lowest BCUT2D eigenvalue weighted by Gasteiger charge is -2.25. The van der Waals surface area contributed by atoms with Gasteiger partial charge in [-0.15, -0.1) is 22.7 Å². The molecule has 0 unspecified atom stereocenters. The fourth-order valence-electron chi connectivity index (χ4n) is 3.48. The van der Waals surface area contributed by atoms with E-state index in [-0.39, 0.29) is 5.41 Å². The van der Waals surface area contributed by atoms with Crippen molar-refractivity contribution in [3.8, 4) is 10.6 Å². The van der Waals surface area contributed by atoms with Crippen LogP contribution in [0.2, 0.25) is 0 Å². The summed E-state index contributed by atoms with van der Waals surface area (Å²) in [5, 5.41) is 2.01. The van der Waals surface area contributed by atoms with Crippen LogP contribution in [0.4, 0.5) is 5.00 Å². The minimum absolute atomic E-state index is 0.141. The second-order valence-electron chi connectivity index (χ2n) is 7.81. The number of aromatic nitrogens is 1. The first kappa shape index (κ1) is 17.0. The van der Waals surface area contributed by atoms with Gasteiger partial charge in [0.1, 0.15) is 5.01 Å². The molecule has 1 aromatic carbocycles. The van der Waals surface area contributed by atoms with Crippen molar-refractivity contribution in [3.05, 3.63) is 34.2 Å². The van der Waals surface area contributed by atoms with Crippen LogP contribution in [0.3, 0.4) is 0 Å². The molecule has 0 fully saturated rings. The molecule has 3 aromatic rings. The van der Waals surface area contributed by atoms with E-state index in [1.807, 2.05) is 0 Å². The first-order chi connectivity index (χ1) is 11.9. The van der Waals surface area contributed by atoms with Gasteiger partial charge in [0.05, 0.1) is 15.2 Å². The molecule has 0 aliphatic carbocycles. The number of likely N-dealkylation sites (N-methyl/N-ethyl adjacent to an activating group) is 1. The molecule has 3 heterocycles. The van der Waals surface area contributed by atoms with Crippen molar-refractivity contribution >= 4 is 37.9 Å². The first-order valence-corrected chi connectivity index (χ1v) is 10.5. The Bertz CT molecular complexity index is 930. The Labute approximate surface area is 157 Å². The average Bonchev–Trinajstić information content (AvgIpc) is 3.11. The number of hydrogen-bond donors (Lipinski definition) is 1. The van der Waals surface area contributed by atoms with Crippen molar-refractivity contribution in [1.82, 2.24) is 9.88 Å². The number of thiophene rings is 1. The van der Waals surface area contributed by atoms with Crippen LogP contribution in [0.1, 0.15) is 43.7 Å². The van der Waals surface area contributed by atoms with Crippen LogP contribution in [-0.2, 0) is 18.4 Å². The van der Waals surface area contributed by atoms with Crippen LogP contribution in [-0.4, -0.2) is 23.0 Å². The maximum absolute atomic E-state index is 6.43. The van der Waals surface area contributed by atoms with Gasteiger partial charge in [-0.05, 0) is 41.6 Å². The summed E-state index contributed by atoms with van der Waals surface area (Å²) >= 11 is 3.52. The number of hydrogen-bond acceptors (Lipinski definition) is 5. The Morgan fingerprint density at radius 1 is 1.24 bits per heavy atom. The topological polar surface area (TPSA) is 42.1 Å². The summed E-state index contributed by atoms with van der Waals surface area (Å²) in [4.78, 5) is 8.88. The van der Waals surface area contributed by atoms with Gasteiger partial charge in [-0.3, -0.25) is 4.90 Å². The van der Waals surface area contributed by atoms with E-state index in [4.69, 9.17) is 10.7 Å². The van der Waals surface area contributed by atoms with E-state index < -0.39 is 0 Å². The Kier molecular flexibility index (Phi) is 4.13. The minimum atomic E-state index is 0.141. The van der Waals surface area contributed by atoms with Crippen molar-refractivity contribution in [3.63, 3.8) is 0 Å². The molecule has 25 heavy (non-hydrogen) atoms. The summed E-state index contributed by atoms with van der Waals surface area (Å²) in [7, 11) is 0. The quantitative estimate of drug-likeness (QED) is 0.666. The van der Waals surface area contributed by atoms with Crippen LogP contribution >= 0.6 is 22.7 Å². The molecule has 0 saturated heterocycles. The highest BCUT2D eigenvalue weighted by Crippen LogP contribution is 2.44. The third-order valence-corrected chi connectivity index (χ3v) is 7.18. The maximum atomic E-state index is 6.43. The Morgan fingerprint density at radius 3 is 2.76 bits per heavy atom. The first-order valence-electron chi connectivity index (χ1n) is 8.90. The number of nitrogen functional groups attached to an aromatic ring is 1. The van der Waals surface area contributed by atoms with Gasteiger partial charge in [-0.1, -0.05) is 33.8 Å². The smallest absolute Gasteiger partial charge is 0.127 e. The second-order valence-corrected chi connectivity index (χ2v) is 9.98. The summed E-state index contributed by atoms with van der Waals surface area (Å²) in [6.07, 6.45) is 1.08. The molecule has 0 radical (unpaired) electrons. The van der Waals surface area contributed by atoms with Gasteiger partial charge in [-0.25, -0.2) is 4.98 Å². The zero-order valence-corrected chi connectivity index (χ0v) is 17.0. The molecule has 0 saturated carbocycles. The van der Waals surface area contributed by atoms with Gasteiger partial charge in [0.15, 0.2) is 0 Å². The van der Waals surface area contributed by atoms with Crippen molar-refractivity contribution in [2.45, 2.75) is 46.1 Å². The normalized spacial score (nSPS) is 15.7. The van der Waals surface area contributed by atoms with Crippen molar-refractivity contribution in [2.75, 3.05) is 18.8 Å². The predicted molar refractivity (Wildman–Crippen MR) is 111 cm³/mol. The van der Waals surface area contributed by atoms with E-state index in [0.29, 0.717) is 0 Å². The van der Waals surface area contributed by atoms with E-state index in [0.717, 1.165) is 41.6 Å². The summed E-state index contributed by atoms with van der Waals surface area (Å²) < 4.78 is 1.24. The van der Waals surface area contributed by atoms with Gasteiger partial charge in [-0.2, -0.15) is 0 Å². The maximum Gasteiger partial charge on any atom is 0.127 e. The van der Waals surface area contributed by atoms with Crippen LogP contribution in [0.15, 0.2) is 18.2 Å². The molecule has 0 bridgehead atoms. The van der Waals surface area contributed by atoms with E-state index in [2.05, 4.69) is 50.8 Å². The van der Waals surface area contributed by atoms with E-state index >= 15 is 0 Å². The van der Waals surface area contributed by atoms with Crippen LogP contribution in [0.25, 0.3) is 20.8 Å². The van der Waals surface area contributed by atoms with Crippen molar-refractivity contribution in [1.29, 1.82) is 0 Å². The lowest BCUT2D eigenvalue weighted by Crippen LogP contribution is -2.29. The van der Waals surface area contributed by atoms with Gasteiger partial charge >= 0.3 is 0 Å². The Hall–Kier alpha value is -1.43. The van der Waals surface area contributed by atoms with Crippen LogP contribution in [0.5, 0.6) is 0 Å². The summed E-state index contributed by atoms with van der Waals surface area (Å²) in [6.45, 7) is 12.2. The standard InChI is InChI=1S/C20H25N3S2/c1-5-23-9-8-13-16(11-23)24-18(21)17(13)19-22-14-10-12(20(2,3)4)6-7-15(14)25-19/h6-7,10H,5,8-9,11,21H2,1-4H3. The zero-order valence-electron chi connectivity index (χ0n) is 15.3. The number of benzene rings is 1. The highest BCUT2D eigenvalue weighted by atomic mass is 32.1. The molecular formula is C20H25N3S2. The Balaban J connectivity index is 1.79. The van der Waals surface area contributed by atoms with E-state index in [1.54, 1.807) is 22.7 Å². The molecule has 1 aliphatic rings. The predicted octanol–water partition coefficient (Wildman–Crippen LogP) is 5.28. The molecule has 0 spiro atoms. The van der Waals surface area contributed by atoms with Crippen LogP contribution in [0, 0.1) is 0 Å². The number of anilines is 1. The highest BCUT2D eigenvalue weighted by molar-refractivity contribution is 7.22. The molecule has 0 atom stereocenters. The lowest BCUT2D eigenvalue weighted by atomic mass is 9.87. The number of nitrogens with two attached hydrogens (primary N) is 1. The largest absolute Gasteiger partial charge is 0.390 e. The third-order valence-electron chi connectivity index (χ3n) is 5.08. The number of thiazole rings is 1. The van der Waals surface area contributed by atoms with Crippen molar-refractivity contribution in [2.24, 2.45) is 0 Å². The van der Waals surface area contributed by atoms with Gasteiger partial charge in [0.25, 0.3) is 0 Å². The molecule has 2 N–H and O–H groups in total. The molecule has 3 nitrogen and oxygen atoms in total. The molecule has 2 aromatic heterocycles. The summed E-state index contributed by atoms with van der Waals surface area (Å²) in [5.74, 6) is 0. The number of fused-ring (bicyclic) bond motifs is 2. The SMILES string of the molecule is CCN1CCc2c(sc(N)c2-c2nc3cc(C(C)(C)C)ccc3s2)C1. The van der Waals surface area contributed by atoms with E-state index in [9.17, 15) is 0 Å². The fourth-order valence-corrected chi connectivity index (χ4v) is 5.74. The summed E-state index contributed by atoms with van der Waals surface area (Å²) in [5.41, 5.74) is 11.6. The lowest BCUT2D eigenvalue weighted by molar-refractivity contribution is 0.272. The average molecular weight is 372 g/mol. The van der Waals surface area contributed by atoms with Gasteiger partial charge in [0.2, 0.25) is 0 Å². The minimum Gasteiger partial charge on any atom is -0.390 e. The number of rotatable bonds is 2. The highest BCUT2D eigenvalue weighted by Gasteiger charge is 2.25. The molecule has 4 rings (SSSR count). The second kappa shape index (κ2) is 6.08. The molecule has 132 valence electrons. The van der Waals surface area contributed by atoms with Gasteiger partial charge in [0, 0.05) is 23.5 Å². The van der Waals surface area contributed by atoms with E-state index in [1.165, 1.54) is 26.3 Å². The third kappa shape index (κ3) is 2.98. The molecule has 1 aliphatic heterocycles. The zero-order chi connectivity index (χ0) is 17.8. The molecule has 0 amide bonds. The monoisotopic (exact) mass is 371 g/mol.